The number of rotatable bonds is 6. The third kappa shape index (κ3) is 5.72. The van der Waals surface area contributed by atoms with Gasteiger partial charge in [-0.05, 0) is 102 Å². The van der Waals surface area contributed by atoms with Crippen molar-refractivity contribution >= 4 is 17.2 Å². The maximum absolute atomic E-state index is 14.1. The fraction of sp³-hybridized carbons (Fsp3) is 0.643. The molecule has 0 aromatic carbocycles. The van der Waals surface area contributed by atoms with Gasteiger partial charge in [-0.25, -0.2) is 4.39 Å². The average molecular weight is 502 g/mol. The smallest absolute Gasteiger partial charge is 0.255 e. The molecule has 5 nitrogen and oxygen atoms in total. The van der Waals surface area contributed by atoms with Crippen LogP contribution in [0.25, 0.3) is 0 Å². The molecule has 2 aromatic rings. The summed E-state index contributed by atoms with van der Waals surface area (Å²) in [6.07, 6.45) is 3.94. The van der Waals surface area contributed by atoms with E-state index in [-0.39, 0.29) is 11.5 Å². The number of aryl methyl sites for hydroxylation is 3. The number of H-pyrrole nitrogens is 1. The van der Waals surface area contributed by atoms with Crippen LogP contribution in [-0.4, -0.2) is 52.5 Å². The molecular weight excluding hydrogens is 461 g/mol. The summed E-state index contributed by atoms with van der Waals surface area (Å²) in [5.41, 5.74) is 3.18. The van der Waals surface area contributed by atoms with Crippen LogP contribution in [0, 0.1) is 26.7 Å². The van der Waals surface area contributed by atoms with E-state index >= 15 is 0 Å². The number of alkyl halides is 1. The fourth-order valence-corrected chi connectivity index (χ4v) is 7.44. The van der Waals surface area contributed by atoms with Crippen molar-refractivity contribution in [2.45, 2.75) is 85.4 Å². The Labute approximate surface area is 212 Å². The second-order valence-corrected chi connectivity index (χ2v) is 12.4. The molecular formula is C28H40FN3O2S. The maximum Gasteiger partial charge on any atom is 0.255 e. The van der Waals surface area contributed by atoms with Crippen molar-refractivity contribution in [3.63, 3.8) is 0 Å². The summed E-state index contributed by atoms with van der Waals surface area (Å²) >= 11 is 1.82. The number of aromatic nitrogens is 1. The van der Waals surface area contributed by atoms with E-state index in [1.165, 1.54) is 9.75 Å². The van der Waals surface area contributed by atoms with Gasteiger partial charge in [0.05, 0.1) is 12.1 Å². The molecule has 2 aliphatic rings. The van der Waals surface area contributed by atoms with E-state index < -0.39 is 5.67 Å². The van der Waals surface area contributed by atoms with E-state index in [9.17, 15) is 14.0 Å². The predicted molar refractivity (Wildman–Crippen MR) is 141 cm³/mol. The zero-order valence-corrected chi connectivity index (χ0v) is 22.9. The highest BCUT2D eigenvalue weighted by Gasteiger charge is 2.33. The highest BCUT2D eigenvalue weighted by atomic mass is 32.1. The molecule has 1 fully saturated rings. The van der Waals surface area contributed by atoms with Crippen LogP contribution >= 0.6 is 11.3 Å². The number of hydrogen-bond donors (Lipinski definition) is 1. The Bertz CT molecular complexity index is 1140. The monoisotopic (exact) mass is 501 g/mol. The van der Waals surface area contributed by atoms with Crippen molar-refractivity contribution in [2.75, 3.05) is 26.2 Å². The topological polar surface area (TPSA) is 56.4 Å². The lowest BCUT2D eigenvalue weighted by molar-refractivity contribution is 0.0747. The van der Waals surface area contributed by atoms with Crippen molar-refractivity contribution in [1.82, 2.24) is 14.8 Å². The fourth-order valence-electron chi connectivity index (χ4n) is 5.95. The average Bonchev–Trinajstić information content (AvgIpc) is 3.00. The molecule has 0 aliphatic carbocycles. The predicted octanol–water partition coefficient (Wildman–Crippen LogP) is 5.51. The van der Waals surface area contributed by atoms with Gasteiger partial charge in [-0.2, -0.15) is 0 Å². The molecule has 2 aromatic heterocycles. The number of fused-ring (bicyclic) bond motifs is 1. The number of carbonyl (C=O) groups excluding carboxylic acids is 1. The molecule has 0 saturated carbocycles. The van der Waals surface area contributed by atoms with Crippen LogP contribution in [0.5, 0.6) is 0 Å². The first-order valence-corrected chi connectivity index (χ1v) is 13.8. The van der Waals surface area contributed by atoms with Gasteiger partial charge in [0.25, 0.3) is 11.5 Å². The molecule has 1 N–H and O–H groups in total. The van der Waals surface area contributed by atoms with E-state index in [4.69, 9.17) is 0 Å². The number of carbonyl (C=O) groups is 1. The number of pyridine rings is 1. The number of thiophene rings is 1. The zero-order chi connectivity index (χ0) is 25.5. The molecule has 0 spiro atoms. The molecule has 192 valence electrons. The summed E-state index contributed by atoms with van der Waals surface area (Å²) in [5, 5.41) is 0. The second kappa shape index (κ2) is 10.2. The Morgan fingerprint density at radius 3 is 2.49 bits per heavy atom. The highest BCUT2D eigenvalue weighted by molar-refractivity contribution is 7.12. The standard InChI is InChI=1S/C28H40FN3O2S/c1-17-14-18(2)30-26(33)22(17)15-32-11-7-8-23-24(27(32)34)20(4)25(35-23)19(3)21-9-12-31(13-10-21)16-28(5,6)29/h14,19,21H,7-13,15-16H2,1-6H3,(H,30,33)/t19-/m1/s1. The molecule has 0 bridgehead atoms. The van der Waals surface area contributed by atoms with E-state index in [1.807, 2.05) is 36.2 Å². The number of piperidine rings is 1. The Balaban J connectivity index is 1.52. The van der Waals surface area contributed by atoms with Crippen LogP contribution < -0.4 is 5.56 Å². The number of halogens is 1. The lowest BCUT2D eigenvalue weighted by Crippen LogP contribution is -2.41. The van der Waals surface area contributed by atoms with Crippen LogP contribution in [-0.2, 0) is 13.0 Å². The van der Waals surface area contributed by atoms with Crippen molar-refractivity contribution in [3.8, 4) is 0 Å². The van der Waals surface area contributed by atoms with Gasteiger partial charge >= 0.3 is 0 Å². The number of aromatic amines is 1. The first-order chi connectivity index (χ1) is 16.4. The van der Waals surface area contributed by atoms with Crippen molar-refractivity contribution in [2.24, 2.45) is 5.92 Å². The van der Waals surface area contributed by atoms with Crippen LogP contribution in [0.1, 0.15) is 88.4 Å². The molecule has 0 radical (unpaired) electrons. The minimum Gasteiger partial charge on any atom is -0.334 e. The molecule has 0 unspecified atom stereocenters. The molecule has 1 amide bonds. The summed E-state index contributed by atoms with van der Waals surface area (Å²) in [5.74, 6) is 0.995. The quantitative estimate of drug-likeness (QED) is 0.568. The Hall–Kier alpha value is -1.99. The molecule has 2 aliphatic heterocycles. The first-order valence-electron chi connectivity index (χ1n) is 13.0. The van der Waals surface area contributed by atoms with Gasteiger partial charge in [0.2, 0.25) is 0 Å². The molecule has 7 heteroatoms. The van der Waals surface area contributed by atoms with Gasteiger partial charge in [-0.15, -0.1) is 11.3 Å². The molecule has 1 saturated heterocycles. The molecule has 35 heavy (non-hydrogen) atoms. The number of nitrogens with zero attached hydrogens (tertiary/aromatic N) is 2. The SMILES string of the molecule is Cc1cc(C)c(CN2CCCc3sc([C@H](C)C4CCN(CC(C)(C)F)CC4)c(C)c3C2=O)c(=O)[nH]1. The summed E-state index contributed by atoms with van der Waals surface area (Å²) in [4.78, 5) is 35.8. The van der Waals surface area contributed by atoms with Gasteiger partial charge < -0.3 is 14.8 Å². The summed E-state index contributed by atoms with van der Waals surface area (Å²) in [6, 6.07) is 1.97. The third-order valence-electron chi connectivity index (χ3n) is 7.78. The number of likely N-dealkylation sites (tertiary alicyclic amines) is 1. The van der Waals surface area contributed by atoms with Gasteiger partial charge in [-0.3, -0.25) is 9.59 Å². The van der Waals surface area contributed by atoms with Crippen LogP contribution in [0.2, 0.25) is 0 Å². The zero-order valence-electron chi connectivity index (χ0n) is 22.1. The van der Waals surface area contributed by atoms with Crippen molar-refractivity contribution in [3.05, 3.63) is 54.1 Å². The Morgan fingerprint density at radius 2 is 1.86 bits per heavy atom. The molecule has 4 rings (SSSR count). The summed E-state index contributed by atoms with van der Waals surface area (Å²) in [6.45, 7) is 14.9. The van der Waals surface area contributed by atoms with Crippen molar-refractivity contribution < 1.29 is 9.18 Å². The van der Waals surface area contributed by atoms with E-state index in [2.05, 4.69) is 23.7 Å². The van der Waals surface area contributed by atoms with Crippen molar-refractivity contribution in [1.29, 1.82) is 0 Å². The summed E-state index contributed by atoms with van der Waals surface area (Å²) in [7, 11) is 0. The lowest BCUT2D eigenvalue weighted by Gasteiger charge is -2.36. The largest absolute Gasteiger partial charge is 0.334 e. The third-order valence-corrected chi connectivity index (χ3v) is 9.34. The number of nitrogens with one attached hydrogen (secondary N) is 1. The van der Waals surface area contributed by atoms with Gasteiger partial charge in [-0.1, -0.05) is 6.92 Å². The van der Waals surface area contributed by atoms with E-state index in [0.29, 0.717) is 37.0 Å². The van der Waals surface area contributed by atoms with Crippen LogP contribution in [0.4, 0.5) is 4.39 Å². The lowest BCUT2D eigenvalue weighted by atomic mass is 9.83. The van der Waals surface area contributed by atoms with Gasteiger partial charge in [0, 0.05) is 34.1 Å². The summed E-state index contributed by atoms with van der Waals surface area (Å²) < 4.78 is 14.1. The first kappa shape index (κ1) is 26.1. The Morgan fingerprint density at radius 1 is 1.17 bits per heavy atom. The maximum atomic E-state index is 14.1. The number of amides is 1. The van der Waals surface area contributed by atoms with Crippen LogP contribution in [0.15, 0.2) is 10.9 Å². The number of hydrogen-bond acceptors (Lipinski definition) is 4. The normalized spacial score (nSPS) is 19.1. The Kier molecular flexibility index (Phi) is 7.58. The molecule has 4 heterocycles. The van der Waals surface area contributed by atoms with Gasteiger partial charge in [0.15, 0.2) is 0 Å². The highest BCUT2D eigenvalue weighted by Crippen LogP contribution is 2.42. The van der Waals surface area contributed by atoms with E-state index in [0.717, 1.165) is 61.2 Å². The minimum atomic E-state index is -1.16. The minimum absolute atomic E-state index is 0.0593. The second-order valence-electron chi connectivity index (χ2n) is 11.3. The molecule has 1 atom stereocenters. The van der Waals surface area contributed by atoms with Crippen LogP contribution in [0.3, 0.4) is 0 Å². The van der Waals surface area contributed by atoms with Gasteiger partial charge in [0.1, 0.15) is 5.67 Å². The van der Waals surface area contributed by atoms with E-state index in [1.54, 1.807) is 13.8 Å².